The summed E-state index contributed by atoms with van der Waals surface area (Å²) in [5, 5.41) is 11.2. The van der Waals surface area contributed by atoms with Gasteiger partial charge in [0.2, 0.25) is 0 Å². The zero-order valence-electron chi connectivity index (χ0n) is 7.96. The highest BCUT2D eigenvalue weighted by molar-refractivity contribution is 6.33. The number of anilines is 1. The molecule has 5 heteroatoms. The number of carbonyl (C=O) groups is 1. The van der Waals surface area contributed by atoms with E-state index in [1.165, 1.54) is 6.07 Å². The van der Waals surface area contributed by atoms with Gasteiger partial charge < -0.3 is 11.1 Å². The second-order valence-electron chi connectivity index (χ2n) is 2.90. The summed E-state index contributed by atoms with van der Waals surface area (Å²) in [6.45, 7) is 0.331. The summed E-state index contributed by atoms with van der Waals surface area (Å²) in [6.07, 6.45) is 0.286. The first-order chi connectivity index (χ1) is 7.15. The molecule has 0 atom stereocenters. The smallest absolute Gasteiger partial charge is 0.251 e. The number of halogens is 1. The maximum Gasteiger partial charge on any atom is 0.251 e. The largest absolute Gasteiger partial charge is 0.398 e. The van der Waals surface area contributed by atoms with E-state index >= 15 is 0 Å². The SMILES string of the molecule is N#CCCNC(=O)c1ccc(N)c(Cl)c1. The standard InChI is InChI=1S/C10H10ClN3O/c11-8-6-7(2-3-9(8)13)10(15)14-5-1-4-12/h2-3,6H,1,5,13H2,(H,14,15). The maximum absolute atomic E-state index is 11.5. The molecule has 0 saturated carbocycles. The predicted molar refractivity (Wildman–Crippen MR) is 58.4 cm³/mol. The van der Waals surface area contributed by atoms with Gasteiger partial charge in [0, 0.05) is 12.1 Å². The third kappa shape index (κ3) is 3.15. The van der Waals surface area contributed by atoms with Crippen LogP contribution in [0.1, 0.15) is 16.8 Å². The molecule has 0 saturated heterocycles. The van der Waals surface area contributed by atoms with E-state index in [2.05, 4.69) is 5.32 Å². The molecule has 0 aromatic heterocycles. The predicted octanol–water partition coefficient (Wildman–Crippen LogP) is 1.57. The number of carbonyl (C=O) groups excluding carboxylic acids is 1. The van der Waals surface area contributed by atoms with Gasteiger partial charge in [-0.2, -0.15) is 5.26 Å². The Morgan fingerprint density at radius 1 is 1.60 bits per heavy atom. The lowest BCUT2D eigenvalue weighted by atomic mass is 10.2. The molecule has 78 valence electrons. The number of nitrogens with zero attached hydrogens (tertiary/aromatic N) is 1. The number of amides is 1. The minimum Gasteiger partial charge on any atom is -0.398 e. The topological polar surface area (TPSA) is 78.9 Å². The van der Waals surface area contributed by atoms with Crippen molar-refractivity contribution < 1.29 is 4.79 Å². The molecule has 3 N–H and O–H groups in total. The van der Waals surface area contributed by atoms with Gasteiger partial charge >= 0.3 is 0 Å². The number of benzene rings is 1. The lowest BCUT2D eigenvalue weighted by Gasteiger charge is -2.04. The molecule has 1 aromatic carbocycles. The van der Waals surface area contributed by atoms with Gasteiger partial charge in [0.15, 0.2) is 0 Å². The molecule has 0 heterocycles. The molecule has 15 heavy (non-hydrogen) atoms. The lowest BCUT2D eigenvalue weighted by molar-refractivity contribution is 0.0954. The van der Waals surface area contributed by atoms with Gasteiger partial charge in [-0.15, -0.1) is 0 Å². The summed E-state index contributed by atoms with van der Waals surface area (Å²) in [4.78, 5) is 11.5. The van der Waals surface area contributed by atoms with Crippen molar-refractivity contribution in [2.45, 2.75) is 6.42 Å². The van der Waals surface area contributed by atoms with Crippen LogP contribution in [0.15, 0.2) is 18.2 Å². The van der Waals surface area contributed by atoms with Crippen LogP contribution in [0.2, 0.25) is 5.02 Å². The number of nitrogen functional groups attached to an aromatic ring is 1. The summed E-state index contributed by atoms with van der Waals surface area (Å²) in [7, 11) is 0. The van der Waals surface area contributed by atoms with Crippen molar-refractivity contribution in [3.63, 3.8) is 0 Å². The molecule has 1 aromatic rings. The molecule has 0 aliphatic heterocycles. The molecular weight excluding hydrogens is 214 g/mol. The van der Waals surface area contributed by atoms with Gasteiger partial charge in [-0.3, -0.25) is 4.79 Å². The molecule has 0 spiro atoms. The van der Waals surface area contributed by atoms with Gasteiger partial charge in [0.1, 0.15) is 0 Å². The van der Waals surface area contributed by atoms with Crippen LogP contribution in [-0.2, 0) is 0 Å². The molecule has 0 fully saturated rings. The minimum absolute atomic E-state index is 0.257. The number of nitrogens with one attached hydrogen (secondary N) is 1. The highest BCUT2D eigenvalue weighted by Gasteiger charge is 2.06. The average molecular weight is 224 g/mol. The second kappa shape index (κ2) is 5.23. The highest BCUT2D eigenvalue weighted by atomic mass is 35.5. The average Bonchev–Trinajstić information content (AvgIpc) is 2.22. The molecule has 0 unspecified atom stereocenters. The summed E-state index contributed by atoms with van der Waals surface area (Å²) in [5.41, 5.74) is 6.38. The van der Waals surface area contributed by atoms with Gasteiger partial charge in [-0.25, -0.2) is 0 Å². The van der Waals surface area contributed by atoms with Crippen molar-refractivity contribution >= 4 is 23.2 Å². The van der Waals surface area contributed by atoms with Crippen molar-refractivity contribution in [3.05, 3.63) is 28.8 Å². The van der Waals surface area contributed by atoms with Crippen LogP contribution in [0, 0.1) is 11.3 Å². The van der Waals surface area contributed by atoms with Crippen LogP contribution in [-0.4, -0.2) is 12.5 Å². The fourth-order valence-electron chi connectivity index (χ4n) is 1.00. The molecular formula is C10H10ClN3O. The zero-order chi connectivity index (χ0) is 11.3. The first-order valence-corrected chi connectivity index (χ1v) is 4.73. The molecule has 1 rings (SSSR count). The lowest BCUT2D eigenvalue weighted by Crippen LogP contribution is -2.24. The zero-order valence-corrected chi connectivity index (χ0v) is 8.71. The van der Waals surface area contributed by atoms with Crippen LogP contribution in [0.25, 0.3) is 0 Å². The molecule has 4 nitrogen and oxygen atoms in total. The third-order valence-corrected chi connectivity index (χ3v) is 2.11. The maximum atomic E-state index is 11.5. The van der Waals surface area contributed by atoms with Gasteiger partial charge in [0.05, 0.1) is 23.2 Å². The van der Waals surface area contributed by atoms with E-state index < -0.39 is 0 Å². The number of hydrogen-bond acceptors (Lipinski definition) is 3. The number of hydrogen-bond donors (Lipinski definition) is 2. The fraction of sp³-hybridized carbons (Fsp3) is 0.200. The summed E-state index contributed by atoms with van der Waals surface area (Å²) in [6, 6.07) is 6.59. The van der Waals surface area contributed by atoms with Crippen molar-refractivity contribution in [3.8, 4) is 6.07 Å². The van der Waals surface area contributed by atoms with E-state index in [0.717, 1.165) is 0 Å². The van der Waals surface area contributed by atoms with Crippen molar-refractivity contribution in [2.75, 3.05) is 12.3 Å². The van der Waals surface area contributed by atoms with Crippen LogP contribution in [0.4, 0.5) is 5.69 Å². The van der Waals surface area contributed by atoms with Crippen molar-refractivity contribution in [2.24, 2.45) is 0 Å². The monoisotopic (exact) mass is 223 g/mol. The van der Waals surface area contributed by atoms with E-state index in [1.54, 1.807) is 12.1 Å². The van der Waals surface area contributed by atoms with E-state index in [-0.39, 0.29) is 12.3 Å². The van der Waals surface area contributed by atoms with Gasteiger partial charge in [-0.1, -0.05) is 11.6 Å². The molecule has 0 radical (unpaired) electrons. The Kier molecular flexibility index (Phi) is 3.95. The molecule has 0 aliphatic rings. The molecule has 0 aliphatic carbocycles. The van der Waals surface area contributed by atoms with E-state index in [0.29, 0.717) is 22.8 Å². The normalized spacial score (nSPS) is 9.33. The van der Waals surface area contributed by atoms with Gasteiger partial charge in [0.25, 0.3) is 5.91 Å². The van der Waals surface area contributed by atoms with Crippen LogP contribution < -0.4 is 11.1 Å². The Bertz CT molecular complexity index is 412. The number of nitriles is 1. The van der Waals surface area contributed by atoms with Crippen LogP contribution >= 0.6 is 11.6 Å². The fourth-order valence-corrected chi connectivity index (χ4v) is 1.18. The van der Waals surface area contributed by atoms with Crippen molar-refractivity contribution in [1.82, 2.24) is 5.32 Å². The molecule has 1 amide bonds. The van der Waals surface area contributed by atoms with Crippen LogP contribution in [0.3, 0.4) is 0 Å². The first-order valence-electron chi connectivity index (χ1n) is 4.35. The summed E-state index contributed by atoms with van der Waals surface area (Å²) in [5.74, 6) is -0.257. The highest BCUT2D eigenvalue weighted by Crippen LogP contribution is 2.19. The van der Waals surface area contributed by atoms with Gasteiger partial charge in [-0.05, 0) is 18.2 Å². The molecule has 0 bridgehead atoms. The van der Waals surface area contributed by atoms with Crippen LogP contribution in [0.5, 0.6) is 0 Å². The minimum atomic E-state index is -0.257. The van der Waals surface area contributed by atoms with E-state index in [9.17, 15) is 4.79 Å². The van der Waals surface area contributed by atoms with Crippen molar-refractivity contribution in [1.29, 1.82) is 5.26 Å². The summed E-state index contributed by atoms with van der Waals surface area (Å²) < 4.78 is 0. The number of rotatable bonds is 3. The Morgan fingerprint density at radius 2 is 2.33 bits per heavy atom. The Morgan fingerprint density at radius 3 is 2.93 bits per heavy atom. The number of nitrogens with two attached hydrogens (primary N) is 1. The Balaban J connectivity index is 2.67. The van der Waals surface area contributed by atoms with E-state index in [1.807, 2.05) is 6.07 Å². The quantitative estimate of drug-likeness (QED) is 0.603. The second-order valence-corrected chi connectivity index (χ2v) is 3.31. The third-order valence-electron chi connectivity index (χ3n) is 1.79. The Labute approximate surface area is 92.6 Å². The first kappa shape index (κ1) is 11.3. The summed E-state index contributed by atoms with van der Waals surface area (Å²) >= 11 is 5.76. The van der Waals surface area contributed by atoms with E-state index in [4.69, 9.17) is 22.6 Å². The Hall–Kier alpha value is -1.73.